The zero-order valence-corrected chi connectivity index (χ0v) is 11.6. The van der Waals surface area contributed by atoms with E-state index in [0.717, 1.165) is 16.5 Å². The average molecular weight is 277 g/mol. The summed E-state index contributed by atoms with van der Waals surface area (Å²) in [6, 6.07) is 3.67. The van der Waals surface area contributed by atoms with Crippen LogP contribution in [-0.4, -0.2) is 25.6 Å². The SMILES string of the molecule is CC(C)n1cncc1CSc1ccc(C(=O)O)cn1. The van der Waals surface area contributed by atoms with E-state index in [-0.39, 0.29) is 5.56 Å². The highest BCUT2D eigenvalue weighted by molar-refractivity contribution is 7.98. The number of imidazole rings is 1. The van der Waals surface area contributed by atoms with Gasteiger partial charge in [-0.25, -0.2) is 14.8 Å². The van der Waals surface area contributed by atoms with Crippen LogP contribution in [-0.2, 0) is 5.75 Å². The molecule has 0 bridgehead atoms. The van der Waals surface area contributed by atoms with Gasteiger partial charge in [0.2, 0.25) is 0 Å². The van der Waals surface area contributed by atoms with E-state index in [0.29, 0.717) is 6.04 Å². The van der Waals surface area contributed by atoms with E-state index in [4.69, 9.17) is 5.11 Å². The summed E-state index contributed by atoms with van der Waals surface area (Å²) in [5.41, 5.74) is 1.33. The Labute approximate surface area is 115 Å². The molecular weight excluding hydrogens is 262 g/mol. The number of aromatic nitrogens is 3. The maximum atomic E-state index is 10.7. The van der Waals surface area contributed by atoms with Gasteiger partial charge in [-0.05, 0) is 26.0 Å². The molecule has 0 saturated carbocycles. The number of thioether (sulfide) groups is 1. The smallest absolute Gasteiger partial charge is 0.337 e. The number of nitrogens with zero attached hydrogens (tertiary/aromatic N) is 3. The van der Waals surface area contributed by atoms with E-state index in [9.17, 15) is 4.79 Å². The molecule has 2 aromatic rings. The summed E-state index contributed by atoms with van der Waals surface area (Å²) in [6.45, 7) is 4.21. The molecule has 0 unspecified atom stereocenters. The Morgan fingerprint density at radius 2 is 2.21 bits per heavy atom. The number of aromatic carboxylic acids is 1. The zero-order valence-electron chi connectivity index (χ0n) is 10.8. The third-order valence-electron chi connectivity index (χ3n) is 2.65. The van der Waals surface area contributed by atoms with Crippen LogP contribution in [0.15, 0.2) is 35.9 Å². The van der Waals surface area contributed by atoms with Crippen LogP contribution in [0.3, 0.4) is 0 Å². The number of pyridine rings is 1. The standard InChI is InChI=1S/C13H15N3O2S/c1-9(2)16-8-14-6-11(16)7-19-12-4-3-10(5-15-12)13(17)18/h3-6,8-9H,7H2,1-2H3,(H,17,18). The lowest BCUT2D eigenvalue weighted by Crippen LogP contribution is -2.03. The molecule has 5 nitrogen and oxygen atoms in total. The third kappa shape index (κ3) is 3.35. The monoisotopic (exact) mass is 277 g/mol. The van der Waals surface area contributed by atoms with Crippen molar-refractivity contribution < 1.29 is 9.90 Å². The van der Waals surface area contributed by atoms with Gasteiger partial charge in [0.05, 0.1) is 16.9 Å². The first-order valence-electron chi connectivity index (χ1n) is 5.91. The van der Waals surface area contributed by atoms with Gasteiger partial charge < -0.3 is 9.67 Å². The lowest BCUT2D eigenvalue weighted by atomic mass is 10.3. The Bertz CT molecular complexity index is 564. The van der Waals surface area contributed by atoms with Crippen molar-refractivity contribution in [3.63, 3.8) is 0 Å². The number of carboxylic acids is 1. The van der Waals surface area contributed by atoms with Crippen LogP contribution in [0.1, 0.15) is 35.9 Å². The molecule has 0 radical (unpaired) electrons. The second kappa shape index (κ2) is 5.88. The molecule has 0 fully saturated rings. The van der Waals surface area contributed by atoms with Gasteiger partial charge in [-0.1, -0.05) is 0 Å². The van der Waals surface area contributed by atoms with Crippen molar-refractivity contribution in [3.05, 3.63) is 42.1 Å². The molecule has 0 saturated heterocycles. The highest BCUT2D eigenvalue weighted by atomic mass is 32.2. The molecule has 2 rings (SSSR count). The number of rotatable bonds is 5. The highest BCUT2D eigenvalue weighted by Crippen LogP contribution is 2.22. The second-order valence-corrected chi connectivity index (χ2v) is 5.36. The lowest BCUT2D eigenvalue weighted by Gasteiger charge is -2.11. The molecule has 100 valence electrons. The summed E-state index contributed by atoms with van der Waals surface area (Å²) in [5, 5.41) is 9.60. The van der Waals surface area contributed by atoms with Crippen molar-refractivity contribution in [3.8, 4) is 0 Å². The molecule has 0 atom stereocenters. The maximum Gasteiger partial charge on any atom is 0.337 e. The minimum atomic E-state index is -0.957. The topological polar surface area (TPSA) is 68.0 Å². The molecular formula is C13H15N3O2S. The summed E-state index contributed by atoms with van der Waals surface area (Å²) in [6.07, 6.45) is 5.05. The first kappa shape index (κ1) is 13.6. The largest absolute Gasteiger partial charge is 0.478 e. The molecule has 0 spiro atoms. The van der Waals surface area contributed by atoms with Crippen LogP contribution in [0, 0.1) is 0 Å². The van der Waals surface area contributed by atoms with E-state index in [1.165, 1.54) is 6.20 Å². The number of hydrogen-bond acceptors (Lipinski definition) is 4. The third-order valence-corrected chi connectivity index (χ3v) is 3.63. The molecule has 2 heterocycles. The van der Waals surface area contributed by atoms with Crippen molar-refractivity contribution in [2.45, 2.75) is 30.7 Å². The van der Waals surface area contributed by atoms with Crippen LogP contribution in [0.4, 0.5) is 0 Å². The summed E-state index contributed by atoms with van der Waals surface area (Å²) < 4.78 is 2.11. The second-order valence-electron chi connectivity index (χ2n) is 4.36. The minimum absolute atomic E-state index is 0.205. The Kier molecular flexibility index (Phi) is 4.21. The van der Waals surface area contributed by atoms with Crippen LogP contribution >= 0.6 is 11.8 Å². The molecule has 0 aliphatic heterocycles. The molecule has 0 aliphatic carbocycles. The fourth-order valence-corrected chi connectivity index (χ4v) is 2.46. The Hall–Kier alpha value is -1.82. The molecule has 2 aromatic heterocycles. The fraction of sp³-hybridized carbons (Fsp3) is 0.308. The average Bonchev–Trinajstić information content (AvgIpc) is 2.85. The van der Waals surface area contributed by atoms with E-state index in [1.807, 2.05) is 12.5 Å². The summed E-state index contributed by atoms with van der Waals surface area (Å²) >= 11 is 1.57. The quantitative estimate of drug-likeness (QED) is 0.851. The van der Waals surface area contributed by atoms with Crippen molar-refractivity contribution in [2.24, 2.45) is 0 Å². The van der Waals surface area contributed by atoms with Gasteiger partial charge in [0.25, 0.3) is 0 Å². The van der Waals surface area contributed by atoms with Crippen LogP contribution < -0.4 is 0 Å². The Morgan fingerprint density at radius 3 is 2.79 bits per heavy atom. The molecule has 6 heteroatoms. The fourth-order valence-electron chi connectivity index (χ4n) is 1.65. The van der Waals surface area contributed by atoms with Crippen LogP contribution in [0.25, 0.3) is 0 Å². The van der Waals surface area contributed by atoms with Crippen LogP contribution in [0.5, 0.6) is 0 Å². The first-order valence-corrected chi connectivity index (χ1v) is 6.89. The zero-order chi connectivity index (χ0) is 13.8. The molecule has 0 amide bonds. The normalized spacial score (nSPS) is 10.9. The van der Waals surface area contributed by atoms with E-state index in [2.05, 4.69) is 28.4 Å². The number of hydrogen-bond donors (Lipinski definition) is 1. The predicted molar refractivity (Wildman–Crippen MR) is 73.4 cm³/mol. The maximum absolute atomic E-state index is 10.7. The van der Waals surface area contributed by atoms with Gasteiger partial charge in [-0.15, -0.1) is 11.8 Å². The Morgan fingerprint density at radius 1 is 1.42 bits per heavy atom. The van der Waals surface area contributed by atoms with Gasteiger partial charge in [-0.3, -0.25) is 0 Å². The van der Waals surface area contributed by atoms with Crippen molar-refractivity contribution in [2.75, 3.05) is 0 Å². The summed E-state index contributed by atoms with van der Waals surface area (Å²) in [4.78, 5) is 19.0. The highest BCUT2D eigenvalue weighted by Gasteiger charge is 2.07. The van der Waals surface area contributed by atoms with Crippen molar-refractivity contribution in [1.82, 2.24) is 14.5 Å². The predicted octanol–water partition coefficient (Wildman–Crippen LogP) is 2.85. The van der Waals surface area contributed by atoms with E-state index in [1.54, 1.807) is 23.9 Å². The summed E-state index contributed by atoms with van der Waals surface area (Å²) in [5.74, 6) is -0.195. The first-order chi connectivity index (χ1) is 9.08. The van der Waals surface area contributed by atoms with Crippen LogP contribution in [0.2, 0.25) is 0 Å². The van der Waals surface area contributed by atoms with Crippen molar-refractivity contribution >= 4 is 17.7 Å². The summed E-state index contributed by atoms with van der Waals surface area (Å²) in [7, 11) is 0. The van der Waals surface area contributed by atoms with Gasteiger partial charge >= 0.3 is 5.97 Å². The van der Waals surface area contributed by atoms with Gasteiger partial charge in [0.1, 0.15) is 0 Å². The molecule has 1 N–H and O–H groups in total. The molecule has 19 heavy (non-hydrogen) atoms. The Balaban J connectivity index is 2.02. The number of carboxylic acid groups (broad SMARTS) is 1. The van der Waals surface area contributed by atoms with Gasteiger partial charge in [-0.2, -0.15) is 0 Å². The van der Waals surface area contributed by atoms with E-state index < -0.39 is 5.97 Å². The lowest BCUT2D eigenvalue weighted by molar-refractivity contribution is 0.0696. The van der Waals surface area contributed by atoms with Gasteiger partial charge in [0.15, 0.2) is 0 Å². The molecule has 0 aromatic carbocycles. The van der Waals surface area contributed by atoms with E-state index >= 15 is 0 Å². The molecule has 0 aliphatic rings. The van der Waals surface area contributed by atoms with Gasteiger partial charge in [0, 0.05) is 29.9 Å². The van der Waals surface area contributed by atoms with Crippen molar-refractivity contribution in [1.29, 1.82) is 0 Å². The minimum Gasteiger partial charge on any atom is -0.478 e. The number of carbonyl (C=O) groups is 1.